The van der Waals surface area contributed by atoms with E-state index < -0.39 is 39.1 Å². The second-order valence-corrected chi connectivity index (χ2v) is 12.0. The van der Waals surface area contributed by atoms with Gasteiger partial charge in [0.25, 0.3) is 0 Å². The van der Waals surface area contributed by atoms with E-state index in [2.05, 4.69) is 0 Å². The molecule has 0 spiro atoms. The van der Waals surface area contributed by atoms with Crippen LogP contribution >= 0.6 is 11.3 Å². The zero-order valence-corrected chi connectivity index (χ0v) is 22.9. The maximum Gasteiger partial charge on any atom is 0.416 e. The summed E-state index contributed by atoms with van der Waals surface area (Å²) in [6.07, 6.45) is -4.42. The van der Waals surface area contributed by atoms with Crippen LogP contribution in [0.5, 0.6) is 0 Å². The highest BCUT2D eigenvalue weighted by Gasteiger charge is 2.34. The Bertz CT molecular complexity index is 1290. The SMILES string of the molecule is CCOCCCN(CC(=O)N(Cc1ccccc1)Cc1ccc(C)s1)S(=O)(=O)c1cccc(C(F)(F)F)c1. The third-order valence-electron chi connectivity index (χ3n) is 5.72. The molecule has 0 fully saturated rings. The van der Waals surface area contributed by atoms with E-state index in [0.29, 0.717) is 12.7 Å². The molecule has 1 aromatic heterocycles. The van der Waals surface area contributed by atoms with Crippen molar-refractivity contribution in [2.75, 3.05) is 26.3 Å². The molecule has 206 valence electrons. The number of thiophene rings is 1. The largest absolute Gasteiger partial charge is 0.416 e. The molecule has 0 aliphatic carbocycles. The summed E-state index contributed by atoms with van der Waals surface area (Å²) < 4.78 is 73.1. The third-order valence-corrected chi connectivity index (χ3v) is 8.55. The lowest BCUT2D eigenvalue weighted by Gasteiger charge is -2.27. The molecule has 1 amide bonds. The van der Waals surface area contributed by atoms with Gasteiger partial charge in [-0.1, -0.05) is 36.4 Å². The number of hydrogen-bond donors (Lipinski definition) is 0. The van der Waals surface area contributed by atoms with Crippen LogP contribution in [0.1, 0.15) is 34.2 Å². The lowest BCUT2D eigenvalue weighted by molar-refractivity contribution is -0.137. The molecule has 1 heterocycles. The monoisotopic (exact) mass is 568 g/mol. The molecule has 11 heteroatoms. The van der Waals surface area contributed by atoms with Crippen molar-refractivity contribution in [2.24, 2.45) is 0 Å². The van der Waals surface area contributed by atoms with Crippen LogP contribution < -0.4 is 0 Å². The Labute approximate surface area is 225 Å². The number of carbonyl (C=O) groups is 1. The van der Waals surface area contributed by atoms with Crippen LogP contribution in [0.4, 0.5) is 13.2 Å². The molecule has 0 bridgehead atoms. The predicted octanol–water partition coefficient (Wildman–Crippen LogP) is 5.72. The van der Waals surface area contributed by atoms with Crippen molar-refractivity contribution in [3.8, 4) is 0 Å². The second-order valence-electron chi connectivity index (χ2n) is 8.66. The van der Waals surface area contributed by atoms with E-state index in [-0.39, 0.29) is 32.7 Å². The molecule has 0 radical (unpaired) electrons. The molecule has 0 unspecified atom stereocenters. The van der Waals surface area contributed by atoms with Gasteiger partial charge in [0, 0.05) is 36.1 Å². The van der Waals surface area contributed by atoms with Gasteiger partial charge < -0.3 is 9.64 Å². The first-order valence-corrected chi connectivity index (χ1v) is 14.4. The summed E-state index contributed by atoms with van der Waals surface area (Å²) in [5.41, 5.74) is -0.198. The zero-order valence-electron chi connectivity index (χ0n) is 21.3. The number of nitrogens with zero attached hydrogens (tertiary/aromatic N) is 2. The highest BCUT2D eigenvalue weighted by Crippen LogP contribution is 2.31. The van der Waals surface area contributed by atoms with Crippen molar-refractivity contribution in [3.05, 3.63) is 87.6 Å². The average Bonchev–Trinajstić information content (AvgIpc) is 3.30. The lowest BCUT2D eigenvalue weighted by atomic mass is 10.2. The Balaban J connectivity index is 1.90. The van der Waals surface area contributed by atoms with Crippen LogP contribution in [0.25, 0.3) is 0 Å². The molecule has 0 saturated heterocycles. The fourth-order valence-electron chi connectivity index (χ4n) is 3.80. The molecule has 38 heavy (non-hydrogen) atoms. The summed E-state index contributed by atoms with van der Waals surface area (Å²) in [5, 5.41) is 0. The van der Waals surface area contributed by atoms with Crippen molar-refractivity contribution in [2.45, 2.75) is 44.4 Å². The maximum atomic E-state index is 13.6. The van der Waals surface area contributed by atoms with Gasteiger partial charge in [-0.15, -0.1) is 11.3 Å². The van der Waals surface area contributed by atoms with Crippen LogP contribution in [0.3, 0.4) is 0 Å². The normalized spacial score (nSPS) is 12.2. The van der Waals surface area contributed by atoms with Gasteiger partial charge in [0.15, 0.2) is 0 Å². The molecular formula is C27H31F3N2O4S2. The van der Waals surface area contributed by atoms with E-state index in [0.717, 1.165) is 37.8 Å². The summed E-state index contributed by atoms with van der Waals surface area (Å²) >= 11 is 1.54. The van der Waals surface area contributed by atoms with E-state index in [4.69, 9.17) is 4.74 Å². The minimum Gasteiger partial charge on any atom is -0.382 e. The fourth-order valence-corrected chi connectivity index (χ4v) is 6.18. The van der Waals surface area contributed by atoms with Gasteiger partial charge in [0.05, 0.1) is 23.5 Å². The molecule has 3 aromatic rings. The van der Waals surface area contributed by atoms with Gasteiger partial charge in [-0.2, -0.15) is 17.5 Å². The Morgan fingerprint density at radius 2 is 1.74 bits per heavy atom. The minimum atomic E-state index is -4.70. The molecule has 0 saturated carbocycles. The summed E-state index contributed by atoms with van der Waals surface area (Å²) in [6, 6.07) is 16.8. The van der Waals surface area contributed by atoms with E-state index in [1.54, 1.807) is 11.8 Å². The summed E-state index contributed by atoms with van der Waals surface area (Å²) in [4.78, 5) is 16.6. The smallest absolute Gasteiger partial charge is 0.382 e. The number of amides is 1. The highest BCUT2D eigenvalue weighted by molar-refractivity contribution is 7.89. The van der Waals surface area contributed by atoms with Gasteiger partial charge >= 0.3 is 6.18 Å². The number of rotatable bonds is 13. The van der Waals surface area contributed by atoms with Crippen molar-refractivity contribution in [3.63, 3.8) is 0 Å². The zero-order chi connectivity index (χ0) is 27.8. The van der Waals surface area contributed by atoms with Gasteiger partial charge in [-0.05, 0) is 56.2 Å². The van der Waals surface area contributed by atoms with Gasteiger partial charge in [-0.25, -0.2) is 8.42 Å². The van der Waals surface area contributed by atoms with Crippen molar-refractivity contribution in [1.29, 1.82) is 0 Å². The number of sulfonamides is 1. The molecule has 0 aliphatic rings. The molecule has 0 N–H and O–H groups in total. The van der Waals surface area contributed by atoms with Crippen LogP contribution in [-0.4, -0.2) is 49.8 Å². The molecule has 0 aliphatic heterocycles. The fraction of sp³-hybridized carbons (Fsp3) is 0.370. The van der Waals surface area contributed by atoms with Crippen molar-refractivity contribution in [1.82, 2.24) is 9.21 Å². The number of carbonyl (C=O) groups excluding carboxylic acids is 1. The molecule has 3 rings (SSSR count). The number of ether oxygens (including phenoxy) is 1. The number of hydrogen-bond acceptors (Lipinski definition) is 5. The van der Waals surface area contributed by atoms with E-state index in [1.807, 2.05) is 49.4 Å². The standard InChI is InChI=1S/C27H31F3N2O4S2/c1-3-36-16-8-15-32(38(34,35)25-12-7-11-23(17-25)27(28,29)30)20-26(33)31(18-22-9-5-4-6-10-22)19-24-14-13-21(2)37-24/h4-7,9-14,17H,3,8,15-16,18-20H2,1-2H3. The molecular weight excluding hydrogens is 537 g/mol. The van der Waals surface area contributed by atoms with E-state index in [1.165, 1.54) is 11.3 Å². The Morgan fingerprint density at radius 1 is 1.00 bits per heavy atom. The van der Waals surface area contributed by atoms with Gasteiger partial charge in [0.1, 0.15) is 0 Å². The van der Waals surface area contributed by atoms with Crippen LogP contribution in [0.15, 0.2) is 71.6 Å². The topological polar surface area (TPSA) is 66.9 Å². The predicted molar refractivity (Wildman–Crippen MR) is 141 cm³/mol. The first-order valence-electron chi connectivity index (χ1n) is 12.1. The van der Waals surface area contributed by atoms with Crippen LogP contribution in [-0.2, 0) is 38.8 Å². The van der Waals surface area contributed by atoms with Gasteiger partial charge in [0.2, 0.25) is 15.9 Å². The first kappa shape index (κ1) is 29.8. The number of halogens is 3. The quantitative estimate of drug-likeness (QED) is 0.247. The van der Waals surface area contributed by atoms with Crippen LogP contribution in [0.2, 0.25) is 0 Å². The summed E-state index contributed by atoms with van der Waals surface area (Å²) in [7, 11) is -4.41. The number of alkyl halides is 3. The molecule has 0 atom stereocenters. The van der Waals surface area contributed by atoms with Crippen LogP contribution in [0, 0.1) is 6.92 Å². The average molecular weight is 569 g/mol. The Kier molecular flexibility index (Phi) is 10.5. The Morgan fingerprint density at radius 3 is 2.37 bits per heavy atom. The van der Waals surface area contributed by atoms with Crippen molar-refractivity contribution < 1.29 is 31.1 Å². The second kappa shape index (κ2) is 13.4. The number of aryl methyl sites for hydroxylation is 1. The lowest BCUT2D eigenvalue weighted by Crippen LogP contribution is -2.43. The van der Waals surface area contributed by atoms with Gasteiger partial charge in [-0.3, -0.25) is 4.79 Å². The molecule has 2 aromatic carbocycles. The Hall–Kier alpha value is -2.73. The third kappa shape index (κ3) is 8.39. The molecule has 6 nitrogen and oxygen atoms in total. The summed E-state index contributed by atoms with van der Waals surface area (Å²) in [5.74, 6) is -0.452. The minimum absolute atomic E-state index is 0.0817. The maximum absolute atomic E-state index is 13.6. The summed E-state index contributed by atoms with van der Waals surface area (Å²) in [6.45, 7) is 4.39. The number of benzene rings is 2. The first-order chi connectivity index (χ1) is 18.0. The highest BCUT2D eigenvalue weighted by atomic mass is 32.2. The van der Waals surface area contributed by atoms with E-state index in [9.17, 15) is 26.4 Å². The van der Waals surface area contributed by atoms with E-state index >= 15 is 0 Å². The van der Waals surface area contributed by atoms with Crippen molar-refractivity contribution >= 4 is 27.3 Å².